The highest BCUT2D eigenvalue weighted by molar-refractivity contribution is 6.23. The number of halogens is 4. The van der Waals surface area contributed by atoms with Gasteiger partial charge in [-0.05, 0) is 75.9 Å². The third-order valence-corrected chi connectivity index (χ3v) is 10.0. The normalized spacial score (nSPS) is 20.2. The van der Waals surface area contributed by atoms with Crippen LogP contribution < -0.4 is 15.5 Å². The van der Waals surface area contributed by atoms with E-state index in [2.05, 4.69) is 27.6 Å². The molecule has 15 heteroatoms. The van der Waals surface area contributed by atoms with Crippen LogP contribution in [0.5, 0.6) is 0 Å². The van der Waals surface area contributed by atoms with Crippen molar-refractivity contribution in [3.05, 3.63) is 76.6 Å². The lowest BCUT2D eigenvalue weighted by Crippen LogP contribution is -2.54. The van der Waals surface area contributed by atoms with Crippen LogP contribution in [0, 0.1) is 17.8 Å². The van der Waals surface area contributed by atoms with E-state index >= 15 is 4.39 Å². The van der Waals surface area contributed by atoms with Crippen molar-refractivity contribution in [1.82, 2.24) is 20.0 Å². The van der Waals surface area contributed by atoms with Crippen LogP contribution >= 0.6 is 0 Å². The summed E-state index contributed by atoms with van der Waals surface area (Å²) in [5.41, 5.74) is -2.82. The molecule has 5 amide bonds. The van der Waals surface area contributed by atoms with Gasteiger partial charge in [0.25, 0.3) is 17.7 Å². The number of hydrogen-bond donors (Lipinski definition) is 2. The van der Waals surface area contributed by atoms with Gasteiger partial charge in [0.2, 0.25) is 11.8 Å². The maximum atomic E-state index is 15.4. The fraction of sp³-hybridized carbons (Fsp3) is 0.389. The van der Waals surface area contributed by atoms with Gasteiger partial charge in [-0.1, -0.05) is 11.8 Å². The number of benzene rings is 2. The Labute approximate surface area is 289 Å². The second-order valence-corrected chi connectivity index (χ2v) is 13.8. The SMILES string of the molecule is CC(C)(C(=O)Nc1ccc(C(F)(F)F)cc1C1(F)CCC1)n1cc(C#CC2CN(c3ccc4c(c3)C(=O)N(C3CCC(=O)NC3=O)C4=O)C2)cn1. The monoisotopic (exact) mass is 704 g/mol. The van der Waals surface area contributed by atoms with E-state index in [0.29, 0.717) is 30.8 Å². The molecule has 1 atom stereocenters. The Bertz CT molecular complexity index is 2070. The fourth-order valence-corrected chi connectivity index (χ4v) is 6.65. The van der Waals surface area contributed by atoms with Crippen LogP contribution in [0.2, 0.25) is 0 Å². The number of anilines is 2. The van der Waals surface area contributed by atoms with E-state index < -0.39 is 58.5 Å². The van der Waals surface area contributed by atoms with Crippen molar-refractivity contribution in [2.45, 2.75) is 69.4 Å². The molecule has 3 fully saturated rings. The van der Waals surface area contributed by atoms with Crippen molar-refractivity contribution >= 4 is 40.9 Å². The van der Waals surface area contributed by atoms with Crippen LogP contribution in [-0.4, -0.2) is 63.3 Å². The summed E-state index contributed by atoms with van der Waals surface area (Å²) in [5, 5.41) is 9.09. The van der Waals surface area contributed by atoms with Gasteiger partial charge in [0.05, 0.1) is 34.4 Å². The lowest BCUT2D eigenvalue weighted by molar-refractivity contribution is -0.138. The van der Waals surface area contributed by atoms with Gasteiger partial charge in [-0.3, -0.25) is 38.9 Å². The molecule has 4 aliphatic rings. The molecule has 1 unspecified atom stereocenters. The van der Waals surface area contributed by atoms with E-state index in [1.807, 2.05) is 4.90 Å². The van der Waals surface area contributed by atoms with Gasteiger partial charge in [-0.15, -0.1) is 0 Å². The maximum Gasteiger partial charge on any atom is 0.416 e. The number of alkyl halides is 4. The number of piperidine rings is 1. The zero-order valence-electron chi connectivity index (χ0n) is 27.6. The molecule has 3 aliphatic heterocycles. The first kappa shape index (κ1) is 34.0. The number of imide groups is 2. The van der Waals surface area contributed by atoms with E-state index in [1.54, 1.807) is 38.2 Å². The van der Waals surface area contributed by atoms with E-state index in [-0.39, 0.29) is 54.0 Å². The van der Waals surface area contributed by atoms with Crippen LogP contribution in [0.4, 0.5) is 28.9 Å². The van der Waals surface area contributed by atoms with Crippen LogP contribution in [0.15, 0.2) is 48.8 Å². The number of carbonyl (C=O) groups excluding carboxylic acids is 5. The Kier molecular flexibility index (Phi) is 8.03. The molecular weight excluding hydrogens is 672 g/mol. The van der Waals surface area contributed by atoms with Crippen molar-refractivity contribution in [2.24, 2.45) is 5.92 Å². The number of amides is 5. The predicted octanol–water partition coefficient (Wildman–Crippen LogP) is 4.51. The van der Waals surface area contributed by atoms with Crippen molar-refractivity contribution in [3.8, 4) is 11.8 Å². The van der Waals surface area contributed by atoms with Gasteiger partial charge in [0.15, 0.2) is 0 Å². The molecule has 2 saturated heterocycles. The number of nitrogens with zero attached hydrogens (tertiary/aromatic N) is 4. The van der Waals surface area contributed by atoms with E-state index in [9.17, 15) is 37.1 Å². The highest BCUT2D eigenvalue weighted by atomic mass is 19.4. The lowest BCUT2D eigenvalue weighted by Gasteiger charge is -2.38. The highest BCUT2D eigenvalue weighted by Gasteiger charge is 2.46. The molecule has 3 aromatic rings. The first-order valence-electron chi connectivity index (χ1n) is 16.4. The third kappa shape index (κ3) is 6.02. The summed E-state index contributed by atoms with van der Waals surface area (Å²) in [4.78, 5) is 66.4. The van der Waals surface area contributed by atoms with Crippen LogP contribution in [0.25, 0.3) is 0 Å². The van der Waals surface area contributed by atoms with Gasteiger partial charge < -0.3 is 10.2 Å². The molecule has 0 spiro atoms. The number of nitrogens with one attached hydrogen (secondary N) is 2. The van der Waals surface area contributed by atoms with Crippen molar-refractivity contribution in [3.63, 3.8) is 0 Å². The van der Waals surface area contributed by atoms with Crippen molar-refractivity contribution in [1.29, 1.82) is 0 Å². The summed E-state index contributed by atoms with van der Waals surface area (Å²) >= 11 is 0. The Balaban J connectivity index is 0.987. The quantitative estimate of drug-likeness (QED) is 0.219. The molecule has 264 valence electrons. The number of hydrogen-bond acceptors (Lipinski definition) is 7. The first-order chi connectivity index (χ1) is 24.0. The molecule has 0 radical (unpaired) electrons. The molecular formula is C36H32F4N6O5. The Morgan fingerprint density at radius 2 is 1.75 bits per heavy atom. The zero-order chi connectivity index (χ0) is 36.5. The largest absolute Gasteiger partial charge is 0.416 e. The number of carbonyl (C=O) groups is 5. The average molecular weight is 705 g/mol. The van der Waals surface area contributed by atoms with E-state index in [1.165, 1.54) is 10.9 Å². The van der Waals surface area contributed by atoms with Gasteiger partial charge in [0.1, 0.15) is 17.2 Å². The number of aromatic nitrogens is 2. The van der Waals surface area contributed by atoms with Crippen molar-refractivity contribution < 1.29 is 41.5 Å². The lowest BCUT2D eigenvalue weighted by atomic mass is 9.75. The van der Waals surface area contributed by atoms with Gasteiger partial charge in [-0.25, -0.2) is 4.39 Å². The van der Waals surface area contributed by atoms with Crippen LogP contribution in [0.3, 0.4) is 0 Å². The molecule has 1 aromatic heterocycles. The minimum Gasteiger partial charge on any atom is -0.369 e. The Hall–Kier alpha value is -5.52. The molecule has 4 heterocycles. The minimum atomic E-state index is -4.66. The molecule has 11 nitrogen and oxygen atoms in total. The maximum absolute atomic E-state index is 15.4. The summed E-state index contributed by atoms with van der Waals surface area (Å²) in [7, 11) is 0. The Morgan fingerprint density at radius 3 is 2.41 bits per heavy atom. The van der Waals surface area contributed by atoms with Gasteiger partial charge in [-0.2, -0.15) is 18.3 Å². The second kappa shape index (κ2) is 12.1. The average Bonchev–Trinajstić information content (AvgIpc) is 3.62. The summed E-state index contributed by atoms with van der Waals surface area (Å²) in [6.07, 6.45) is -0.808. The second-order valence-electron chi connectivity index (χ2n) is 13.8. The smallest absolute Gasteiger partial charge is 0.369 e. The number of fused-ring (bicyclic) bond motifs is 1. The molecule has 7 rings (SSSR count). The third-order valence-electron chi connectivity index (χ3n) is 10.0. The van der Waals surface area contributed by atoms with E-state index in [0.717, 1.165) is 23.1 Å². The Morgan fingerprint density at radius 1 is 1.02 bits per heavy atom. The summed E-state index contributed by atoms with van der Waals surface area (Å²) in [6.45, 7) is 4.23. The standard InChI is InChI=1S/C36H32F4N6O5/c1-34(2,33(51)42-27-9-6-22(36(38,39)40)14-26(27)35(37)12-3-13-35)45-19-20(16-41-45)4-5-21-17-44(18-21)23-7-8-24-25(15-23)32(50)46(31(24)49)28-10-11-29(47)43-30(28)48/h6-9,14-16,19,21,28H,3,10-13,17-18H2,1-2H3,(H,42,51)(H,43,47,48). The summed E-state index contributed by atoms with van der Waals surface area (Å²) in [6, 6.07) is 6.54. The molecule has 1 saturated carbocycles. The van der Waals surface area contributed by atoms with Crippen molar-refractivity contribution in [2.75, 3.05) is 23.3 Å². The summed E-state index contributed by atoms with van der Waals surface area (Å²) in [5.74, 6) is 3.32. The van der Waals surface area contributed by atoms with E-state index in [4.69, 9.17) is 0 Å². The fourth-order valence-electron chi connectivity index (χ4n) is 6.65. The first-order valence-corrected chi connectivity index (χ1v) is 16.4. The molecule has 2 aromatic carbocycles. The summed E-state index contributed by atoms with van der Waals surface area (Å²) < 4.78 is 57.0. The van der Waals surface area contributed by atoms with Gasteiger partial charge in [0, 0.05) is 42.6 Å². The highest BCUT2D eigenvalue weighted by Crippen LogP contribution is 2.49. The topological polar surface area (TPSA) is 134 Å². The molecule has 2 N–H and O–H groups in total. The molecule has 0 bridgehead atoms. The van der Waals surface area contributed by atoms with Crippen LogP contribution in [-0.2, 0) is 31.8 Å². The van der Waals surface area contributed by atoms with Crippen LogP contribution in [0.1, 0.15) is 83.4 Å². The zero-order valence-corrected chi connectivity index (χ0v) is 27.6. The minimum absolute atomic E-state index is 0.0176. The number of rotatable bonds is 6. The molecule has 51 heavy (non-hydrogen) atoms. The molecule has 1 aliphatic carbocycles. The predicted molar refractivity (Wildman–Crippen MR) is 174 cm³/mol. The van der Waals surface area contributed by atoms with Gasteiger partial charge >= 0.3 is 6.18 Å².